The Hall–Kier alpha value is -1.20. The van der Waals surface area contributed by atoms with Gasteiger partial charge in [0.05, 0.1) is 0 Å². The van der Waals surface area contributed by atoms with Crippen LogP contribution in [0.5, 0.6) is 0 Å². The zero-order chi connectivity index (χ0) is 19.1. The number of urea groups is 1. The zero-order valence-electron chi connectivity index (χ0n) is 17.0. The molecule has 0 saturated carbocycles. The number of nitrogens with zero attached hydrogens (tertiary/aromatic N) is 1. The van der Waals surface area contributed by atoms with Crippen LogP contribution < -0.4 is 10.6 Å². The van der Waals surface area contributed by atoms with E-state index in [1.807, 2.05) is 17.8 Å². The Morgan fingerprint density at radius 2 is 1.96 bits per heavy atom. The van der Waals surface area contributed by atoms with E-state index >= 15 is 0 Å². The summed E-state index contributed by atoms with van der Waals surface area (Å²) in [6.07, 6.45) is 3.22. The number of thioether (sulfide) groups is 1. The average molecular weight is 378 g/mol. The number of carbonyl (C=O) groups excluding carboxylic acids is 1. The van der Waals surface area contributed by atoms with Gasteiger partial charge in [0.15, 0.2) is 0 Å². The molecule has 26 heavy (non-hydrogen) atoms. The van der Waals surface area contributed by atoms with Crippen molar-refractivity contribution in [1.82, 2.24) is 10.2 Å². The molecule has 1 aromatic carbocycles. The van der Waals surface area contributed by atoms with Crippen molar-refractivity contribution in [2.24, 2.45) is 5.92 Å². The van der Waals surface area contributed by atoms with E-state index in [4.69, 9.17) is 0 Å². The lowest BCUT2D eigenvalue weighted by Crippen LogP contribution is -2.46. The van der Waals surface area contributed by atoms with E-state index in [1.165, 1.54) is 4.90 Å². The first-order valence-corrected chi connectivity index (χ1v) is 10.8. The smallest absolute Gasteiger partial charge is 0.319 e. The molecule has 1 aliphatic rings. The maximum atomic E-state index is 12.4. The van der Waals surface area contributed by atoms with Crippen LogP contribution >= 0.6 is 11.8 Å². The van der Waals surface area contributed by atoms with Crippen molar-refractivity contribution < 1.29 is 4.79 Å². The highest BCUT2D eigenvalue weighted by atomic mass is 32.2. The second kappa shape index (κ2) is 10.2. The Morgan fingerprint density at radius 3 is 2.54 bits per heavy atom. The number of rotatable bonds is 7. The standard InChI is InChI=1S/C21H35N3OS/c1-6-17(5)26-19-7-8-20(16(4)13-19)23-21(25)22-18-9-11-24(12-10-18)14-15(2)3/h7-8,13,15,17-18H,6,9-12,14H2,1-5H3,(H2,22,23,25). The molecule has 1 unspecified atom stereocenters. The summed E-state index contributed by atoms with van der Waals surface area (Å²) in [6.45, 7) is 14.3. The Morgan fingerprint density at radius 1 is 1.27 bits per heavy atom. The summed E-state index contributed by atoms with van der Waals surface area (Å²) in [7, 11) is 0. The fourth-order valence-corrected chi connectivity index (χ4v) is 4.31. The molecule has 1 fully saturated rings. The molecular formula is C21H35N3OS. The monoisotopic (exact) mass is 377 g/mol. The summed E-state index contributed by atoms with van der Waals surface area (Å²) in [4.78, 5) is 16.1. The van der Waals surface area contributed by atoms with Gasteiger partial charge in [-0.25, -0.2) is 4.79 Å². The van der Waals surface area contributed by atoms with E-state index in [9.17, 15) is 4.79 Å². The number of hydrogen-bond donors (Lipinski definition) is 2. The summed E-state index contributed by atoms with van der Waals surface area (Å²) in [5.41, 5.74) is 2.01. The van der Waals surface area contributed by atoms with Crippen LogP contribution in [-0.2, 0) is 0 Å². The van der Waals surface area contributed by atoms with Gasteiger partial charge >= 0.3 is 6.03 Å². The van der Waals surface area contributed by atoms with Crippen LogP contribution in [0.2, 0.25) is 0 Å². The van der Waals surface area contributed by atoms with E-state index in [0.29, 0.717) is 11.2 Å². The SMILES string of the molecule is CCC(C)Sc1ccc(NC(=O)NC2CCN(CC(C)C)CC2)c(C)c1. The van der Waals surface area contributed by atoms with Crippen LogP contribution in [0, 0.1) is 12.8 Å². The van der Waals surface area contributed by atoms with Crippen LogP contribution in [0.15, 0.2) is 23.1 Å². The fourth-order valence-electron chi connectivity index (χ4n) is 3.29. The first-order valence-electron chi connectivity index (χ1n) is 9.94. The van der Waals surface area contributed by atoms with Crippen LogP contribution in [0.3, 0.4) is 0 Å². The van der Waals surface area contributed by atoms with Gasteiger partial charge in [-0.3, -0.25) is 0 Å². The van der Waals surface area contributed by atoms with E-state index in [1.54, 1.807) is 0 Å². The van der Waals surface area contributed by atoms with Crippen LogP contribution in [0.1, 0.15) is 52.5 Å². The van der Waals surface area contributed by atoms with Crippen molar-refractivity contribution in [2.75, 3.05) is 25.0 Å². The predicted octanol–water partition coefficient (Wildman–Crippen LogP) is 5.13. The molecule has 2 N–H and O–H groups in total. The van der Waals surface area contributed by atoms with Gasteiger partial charge < -0.3 is 15.5 Å². The second-order valence-electron chi connectivity index (χ2n) is 7.88. The summed E-state index contributed by atoms with van der Waals surface area (Å²) < 4.78 is 0. The van der Waals surface area contributed by atoms with Gasteiger partial charge in [0.25, 0.3) is 0 Å². The van der Waals surface area contributed by atoms with Gasteiger partial charge in [0.1, 0.15) is 0 Å². The lowest BCUT2D eigenvalue weighted by Gasteiger charge is -2.33. The van der Waals surface area contributed by atoms with Gasteiger partial charge in [-0.2, -0.15) is 0 Å². The summed E-state index contributed by atoms with van der Waals surface area (Å²) >= 11 is 1.89. The van der Waals surface area contributed by atoms with Crippen LogP contribution in [0.4, 0.5) is 10.5 Å². The maximum Gasteiger partial charge on any atom is 0.319 e. The highest BCUT2D eigenvalue weighted by molar-refractivity contribution is 7.99. The molecule has 0 spiro atoms. The van der Waals surface area contributed by atoms with Crippen LogP contribution in [0.25, 0.3) is 0 Å². The molecular weight excluding hydrogens is 342 g/mol. The molecule has 146 valence electrons. The minimum Gasteiger partial charge on any atom is -0.335 e. The van der Waals surface area contributed by atoms with E-state index in [2.05, 4.69) is 62.3 Å². The fraction of sp³-hybridized carbons (Fsp3) is 0.667. The molecule has 2 rings (SSSR count). The Kier molecular flexibility index (Phi) is 8.29. The number of hydrogen-bond acceptors (Lipinski definition) is 3. The van der Waals surface area contributed by atoms with Gasteiger partial charge in [-0.15, -0.1) is 11.8 Å². The highest BCUT2D eigenvalue weighted by Gasteiger charge is 2.21. The van der Waals surface area contributed by atoms with Crippen molar-refractivity contribution in [3.63, 3.8) is 0 Å². The summed E-state index contributed by atoms with van der Waals surface area (Å²) in [5, 5.41) is 6.77. The Balaban J connectivity index is 1.81. The lowest BCUT2D eigenvalue weighted by molar-refractivity contribution is 0.180. The van der Waals surface area contributed by atoms with E-state index < -0.39 is 0 Å². The molecule has 0 aliphatic carbocycles. The molecule has 1 atom stereocenters. The molecule has 0 bridgehead atoms. The molecule has 0 aromatic heterocycles. The zero-order valence-corrected chi connectivity index (χ0v) is 17.8. The third-order valence-electron chi connectivity index (χ3n) is 4.90. The number of anilines is 1. The normalized spacial score (nSPS) is 17.3. The third-order valence-corrected chi connectivity index (χ3v) is 6.17. The van der Waals surface area contributed by atoms with Crippen LogP contribution in [-0.4, -0.2) is 41.9 Å². The number of aryl methyl sites for hydroxylation is 1. The summed E-state index contributed by atoms with van der Waals surface area (Å²) in [5.74, 6) is 0.701. The van der Waals surface area contributed by atoms with Gasteiger partial charge in [0, 0.05) is 41.5 Å². The molecule has 1 aromatic rings. The van der Waals surface area contributed by atoms with Crippen molar-refractivity contribution in [1.29, 1.82) is 0 Å². The number of amides is 2. The molecule has 1 heterocycles. The predicted molar refractivity (Wildman–Crippen MR) is 113 cm³/mol. The lowest BCUT2D eigenvalue weighted by atomic mass is 10.0. The number of carbonyl (C=O) groups is 1. The molecule has 1 aliphatic heterocycles. The van der Waals surface area contributed by atoms with Crippen molar-refractivity contribution in [3.05, 3.63) is 23.8 Å². The molecule has 1 saturated heterocycles. The highest BCUT2D eigenvalue weighted by Crippen LogP contribution is 2.28. The topological polar surface area (TPSA) is 44.4 Å². The Bertz CT molecular complexity index is 583. The number of benzene rings is 1. The quantitative estimate of drug-likeness (QED) is 0.648. The molecule has 0 radical (unpaired) electrons. The minimum atomic E-state index is -0.0854. The number of nitrogens with one attached hydrogen (secondary N) is 2. The summed E-state index contributed by atoms with van der Waals surface area (Å²) in [6, 6.07) is 6.47. The third kappa shape index (κ3) is 6.84. The van der Waals surface area contributed by atoms with E-state index in [0.717, 1.165) is 50.1 Å². The van der Waals surface area contributed by atoms with Gasteiger partial charge in [-0.1, -0.05) is 27.7 Å². The largest absolute Gasteiger partial charge is 0.335 e. The van der Waals surface area contributed by atoms with Crippen molar-refractivity contribution in [2.45, 2.75) is 70.1 Å². The minimum absolute atomic E-state index is 0.0854. The average Bonchev–Trinajstić information content (AvgIpc) is 2.58. The number of likely N-dealkylation sites (tertiary alicyclic amines) is 1. The number of piperidine rings is 1. The second-order valence-corrected chi connectivity index (χ2v) is 9.39. The van der Waals surface area contributed by atoms with Crippen molar-refractivity contribution >= 4 is 23.5 Å². The van der Waals surface area contributed by atoms with Gasteiger partial charge in [0.2, 0.25) is 0 Å². The molecule has 4 nitrogen and oxygen atoms in total. The molecule has 2 amide bonds. The first-order chi connectivity index (χ1) is 12.4. The Labute approximate surface area is 163 Å². The maximum absolute atomic E-state index is 12.4. The molecule has 5 heteroatoms. The van der Waals surface area contributed by atoms with Crippen molar-refractivity contribution in [3.8, 4) is 0 Å². The van der Waals surface area contributed by atoms with Gasteiger partial charge in [-0.05, 0) is 55.9 Å². The van der Waals surface area contributed by atoms with E-state index in [-0.39, 0.29) is 12.1 Å². The first kappa shape index (κ1) is 21.1.